The summed E-state index contributed by atoms with van der Waals surface area (Å²) in [5.74, 6) is 0.486. The van der Waals surface area contributed by atoms with Gasteiger partial charge < -0.3 is 11.1 Å². The standard InChI is InChI=1S/C17H26N2O.ClH/c1-11-7-8-14(9-12(11)2)13(3)19-17(20)10-15-5-4-6-16(15)18;/h7-9,13,15-16H,4-6,10,18H2,1-3H3,(H,19,20);1H/t13?,15-,16+;/m0./s1. The van der Waals surface area contributed by atoms with Crippen LogP contribution in [0.4, 0.5) is 0 Å². The van der Waals surface area contributed by atoms with Crippen molar-refractivity contribution >= 4 is 18.3 Å². The lowest BCUT2D eigenvalue weighted by atomic mass is 9.98. The number of hydrogen-bond acceptors (Lipinski definition) is 2. The molecule has 1 saturated carbocycles. The zero-order valence-electron chi connectivity index (χ0n) is 13.2. The van der Waals surface area contributed by atoms with Crippen LogP contribution in [-0.2, 0) is 4.79 Å². The number of benzene rings is 1. The van der Waals surface area contributed by atoms with Crippen LogP contribution in [0.15, 0.2) is 18.2 Å². The van der Waals surface area contributed by atoms with Crippen LogP contribution in [-0.4, -0.2) is 11.9 Å². The Bertz CT molecular complexity index is 490. The molecular weight excluding hydrogens is 284 g/mol. The van der Waals surface area contributed by atoms with Gasteiger partial charge in [0.25, 0.3) is 0 Å². The molecule has 0 saturated heterocycles. The third kappa shape index (κ3) is 4.72. The first-order chi connectivity index (χ1) is 9.47. The van der Waals surface area contributed by atoms with Crippen molar-refractivity contribution in [2.24, 2.45) is 11.7 Å². The van der Waals surface area contributed by atoms with E-state index in [9.17, 15) is 4.79 Å². The van der Waals surface area contributed by atoms with Gasteiger partial charge in [0.2, 0.25) is 5.91 Å². The van der Waals surface area contributed by atoms with Crippen LogP contribution in [0.2, 0.25) is 0 Å². The molecule has 1 aromatic carbocycles. The van der Waals surface area contributed by atoms with Gasteiger partial charge in [0.1, 0.15) is 0 Å². The maximum atomic E-state index is 12.1. The Morgan fingerprint density at radius 1 is 1.33 bits per heavy atom. The summed E-state index contributed by atoms with van der Waals surface area (Å²) < 4.78 is 0. The highest BCUT2D eigenvalue weighted by atomic mass is 35.5. The fourth-order valence-corrected chi connectivity index (χ4v) is 2.97. The minimum atomic E-state index is 0. The van der Waals surface area contributed by atoms with Crippen LogP contribution in [0, 0.1) is 19.8 Å². The van der Waals surface area contributed by atoms with Crippen LogP contribution >= 0.6 is 12.4 Å². The van der Waals surface area contributed by atoms with Crippen molar-refractivity contribution in [3.8, 4) is 0 Å². The van der Waals surface area contributed by atoms with E-state index in [2.05, 4.69) is 37.4 Å². The lowest BCUT2D eigenvalue weighted by Gasteiger charge is -2.19. The second-order valence-corrected chi connectivity index (χ2v) is 6.19. The highest BCUT2D eigenvalue weighted by molar-refractivity contribution is 5.85. The average molecular weight is 311 g/mol. The quantitative estimate of drug-likeness (QED) is 0.895. The summed E-state index contributed by atoms with van der Waals surface area (Å²) in [5.41, 5.74) is 9.74. The zero-order chi connectivity index (χ0) is 14.7. The van der Waals surface area contributed by atoms with Crippen LogP contribution in [0.25, 0.3) is 0 Å². The summed E-state index contributed by atoms with van der Waals surface area (Å²) in [6, 6.07) is 6.62. The van der Waals surface area contributed by atoms with Crippen molar-refractivity contribution in [1.82, 2.24) is 5.32 Å². The molecular formula is C17H27ClN2O. The van der Waals surface area contributed by atoms with Gasteiger partial charge in [-0.3, -0.25) is 4.79 Å². The molecule has 2 rings (SSSR count). The second kappa shape index (κ2) is 7.81. The Morgan fingerprint density at radius 2 is 2.05 bits per heavy atom. The van der Waals surface area contributed by atoms with E-state index in [1.807, 2.05) is 6.92 Å². The molecule has 1 amide bonds. The molecule has 3 N–H and O–H groups in total. The van der Waals surface area contributed by atoms with Gasteiger partial charge in [-0.15, -0.1) is 12.4 Å². The Morgan fingerprint density at radius 3 is 2.62 bits per heavy atom. The maximum absolute atomic E-state index is 12.1. The highest BCUT2D eigenvalue weighted by Gasteiger charge is 2.26. The predicted molar refractivity (Wildman–Crippen MR) is 89.7 cm³/mol. The largest absolute Gasteiger partial charge is 0.350 e. The number of nitrogens with one attached hydrogen (secondary N) is 1. The lowest BCUT2D eigenvalue weighted by molar-refractivity contribution is -0.122. The Kier molecular flexibility index (Phi) is 6.69. The van der Waals surface area contributed by atoms with Crippen LogP contribution in [0.3, 0.4) is 0 Å². The van der Waals surface area contributed by atoms with E-state index in [-0.39, 0.29) is 30.4 Å². The first-order valence-corrected chi connectivity index (χ1v) is 7.59. The van der Waals surface area contributed by atoms with Gasteiger partial charge in [0, 0.05) is 12.5 Å². The van der Waals surface area contributed by atoms with Crippen LogP contribution in [0.5, 0.6) is 0 Å². The maximum Gasteiger partial charge on any atom is 0.220 e. The molecule has 118 valence electrons. The summed E-state index contributed by atoms with van der Waals surface area (Å²) in [6.45, 7) is 6.24. The van der Waals surface area contributed by atoms with Gasteiger partial charge >= 0.3 is 0 Å². The van der Waals surface area contributed by atoms with Crippen molar-refractivity contribution < 1.29 is 4.79 Å². The fourth-order valence-electron chi connectivity index (χ4n) is 2.97. The average Bonchev–Trinajstić information content (AvgIpc) is 2.78. The van der Waals surface area contributed by atoms with Crippen molar-refractivity contribution in [3.05, 3.63) is 34.9 Å². The van der Waals surface area contributed by atoms with Gasteiger partial charge in [0.15, 0.2) is 0 Å². The number of rotatable bonds is 4. The molecule has 21 heavy (non-hydrogen) atoms. The molecule has 1 aliphatic carbocycles. The van der Waals surface area contributed by atoms with Gasteiger partial charge in [-0.05, 0) is 56.2 Å². The summed E-state index contributed by atoms with van der Waals surface area (Å²) >= 11 is 0. The minimum Gasteiger partial charge on any atom is -0.350 e. The van der Waals surface area contributed by atoms with Gasteiger partial charge in [-0.1, -0.05) is 24.6 Å². The molecule has 0 radical (unpaired) electrons. The second-order valence-electron chi connectivity index (χ2n) is 6.19. The van der Waals surface area contributed by atoms with Crippen molar-refractivity contribution in [2.75, 3.05) is 0 Å². The Balaban J connectivity index is 0.00000220. The van der Waals surface area contributed by atoms with Crippen LogP contribution < -0.4 is 11.1 Å². The zero-order valence-corrected chi connectivity index (χ0v) is 14.0. The molecule has 3 nitrogen and oxygen atoms in total. The first-order valence-electron chi connectivity index (χ1n) is 7.59. The monoisotopic (exact) mass is 310 g/mol. The van der Waals surface area contributed by atoms with Crippen molar-refractivity contribution in [2.45, 2.75) is 58.5 Å². The third-order valence-corrected chi connectivity index (χ3v) is 4.57. The summed E-state index contributed by atoms with van der Waals surface area (Å²) in [7, 11) is 0. The number of amides is 1. The van der Waals surface area contributed by atoms with Gasteiger partial charge in [0.05, 0.1) is 6.04 Å². The van der Waals surface area contributed by atoms with E-state index in [0.717, 1.165) is 24.8 Å². The number of carbonyl (C=O) groups is 1. The van der Waals surface area contributed by atoms with E-state index in [0.29, 0.717) is 12.3 Å². The molecule has 0 spiro atoms. The highest BCUT2D eigenvalue weighted by Crippen LogP contribution is 2.27. The van der Waals surface area contributed by atoms with E-state index in [4.69, 9.17) is 5.73 Å². The molecule has 1 aromatic rings. The Hall–Kier alpha value is -1.06. The normalized spacial score (nSPS) is 22.5. The lowest BCUT2D eigenvalue weighted by Crippen LogP contribution is -2.32. The van der Waals surface area contributed by atoms with E-state index < -0.39 is 0 Å². The number of hydrogen-bond donors (Lipinski definition) is 2. The molecule has 0 heterocycles. The van der Waals surface area contributed by atoms with Crippen molar-refractivity contribution in [3.63, 3.8) is 0 Å². The smallest absolute Gasteiger partial charge is 0.220 e. The van der Waals surface area contributed by atoms with E-state index in [1.54, 1.807) is 0 Å². The summed E-state index contributed by atoms with van der Waals surface area (Å²) in [5, 5.41) is 3.10. The molecule has 1 aliphatic rings. The molecule has 1 fully saturated rings. The topological polar surface area (TPSA) is 55.1 Å². The van der Waals surface area contributed by atoms with Crippen molar-refractivity contribution in [1.29, 1.82) is 0 Å². The SMILES string of the molecule is Cc1ccc(C(C)NC(=O)C[C@@H]2CCC[C@H]2N)cc1C.Cl. The molecule has 3 atom stereocenters. The predicted octanol–water partition coefficient (Wildman–Crippen LogP) is 3.42. The fraction of sp³-hybridized carbons (Fsp3) is 0.588. The van der Waals surface area contributed by atoms with Gasteiger partial charge in [-0.2, -0.15) is 0 Å². The summed E-state index contributed by atoms with van der Waals surface area (Å²) in [4.78, 5) is 12.1. The van der Waals surface area contributed by atoms with E-state index >= 15 is 0 Å². The van der Waals surface area contributed by atoms with Gasteiger partial charge in [-0.25, -0.2) is 0 Å². The number of aryl methyl sites for hydroxylation is 2. The van der Waals surface area contributed by atoms with Crippen LogP contribution in [0.1, 0.15) is 55.3 Å². The van der Waals surface area contributed by atoms with E-state index in [1.165, 1.54) is 11.1 Å². The number of carbonyl (C=O) groups excluding carboxylic acids is 1. The molecule has 0 aromatic heterocycles. The first kappa shape index (κ1) is 18.0. The molecule has 1 unspecified atom stereocenters. The molecule has 0 aliphatic heterocycles. The minimum absolute atomic E-state index is 0. The summed E-state index contributed by atoms with van der Waals surface area (Å²) in [6.07, 6.45) is 3.87. The molecule has 0 bridgehead atoms. The number of nitrogens with two attached hydrogens (primary N) is 1. The Labute approximate surface area is 134 Å². The third-order valence-electron chi connectivity index (χ3n) is 4.57. The molecule has 4 heteroatoms. The number of halogens is 1.